The molecule has 5 heteroatoms. The van der Waals surface area contributed by atoms with E-state index in [1.807, 2.05) is 14.1 Å². The van der Waals surface area contributed by atoms with E-state index >= 15 is 0 Å². The second kappa shape index (κ2) is 33.7. The Labute approximate surface area is 284 Å². The first-order valence-electron chi connectivity index (χ1n) is 18.4. The maximum Gasteiger partial charge on any atom is 0.307 e. The molecule has 0 aliphatic rings. The van der Waals surface area contributed by atoms with E-state index in [1.54, 1.807) is 11.8 Å². The highest BCUT2D eigenvalue weighted by atomic mass is 16.6. The highest BCUT2D eigenvalue weighted by Crippen LogP contribution is 2.14. The van der Waals surface area contributed by atoms with E-state index in [0.717, 1.165) is 89.9 Å². The fraction of sp³-hybridized carbons (Fsp3) is 0.659. The Morgan fingerprint density at radius 3 is 1.26 bits per heavy atom. The number of hydrogen-bond acceptors (Lipinski definition) is 5. The molecule has 5 nitrogen and oxygen atoms in total. The normalized spacial score (nSPS) is 13.9. The van der Waals surface area contributed by atoms with Crippen molar-refractivity contribution in [2.45, 2.75) is 162 Å². The number of esters is 2. The van der Waals surface area contributed by atoms with Gasteiger partial charge in [0, 0.05) is 12.8 Å². The SMILES string of the molecule is CC/C=C\C/C=C\C/C=C\CCCCCCCC(=O)OC(C)C(OC(=O)CCCCCCC/C=C\C/C=C\C/C=C\CC)N(C)C. The number of allylic oxidation sites excluding steroid dienone is 12. The molecule has 0 fully saturated rings. The third kappa shape index (κ3) is 30.0. The first-order chi connectivity index (χ1) is 22.4. The fourth-order valence-electron chi connectivity index (χ4n) is 4.92. The van der Waals surface area contributed by atoms with E-state index in [9.17, 15) is 9.59 Å². The molecule has 0 amide bonds. The van der Waals surface area contributed by atoms with Crippen LogP contribution in [0.25, 0.3) is 0 Å². The standard InChI is InChI=1S/C41H69NO4/c1-6-8-10-12-14-16-18-20-22-24-26-28-30-32-34-36-39(43)45-38(3)41(42(4)5)46-40(44)37-35-33-31-29-27-25-23-21-19-17-15-13-11-9-7-2/h8-11,14-17,20-23,38,41H,6-7,12-13,18-19,24-37H2,1-5H3/b10-8-,11-9-,16-14-,17-15-,22-20-,23-21-. The Balaban J connectivity index is 3.92. The topological polar surface area (TPSA) is 55.8 Å². The van der Waals surface area contributed by atoms with Gasteiger partial charge in [0.25, 0.3) is 0 Å². The molecule has 0 saturated carbocycles. The molecular weight excluding hydrogens is 570 g/mol. The fourth-order valence-corrected chi connectivity index (χ4v) is 4.92. The van der Waals surface area contributed by atoms with Crippen molar-refractivity contribution in [2.24, 2.45) is 0 Å². The average molecular weight is 640 g/mol. The van der Waals surface area contributed by atoms with Crippen molar-refractivity contribution in [3.05, 3.63) is 72.9 Å². The smallest absolute Gasteiger partial charge is 0.307 e. The summed E-state index contributed by atoms with van der Waals surface area (Å²) in [5, 5.41) is 0. The van der Waals surface area contributed by atoms with Crippen LogP contribution in [-0.2, 0) is 19.1 Å². The van der Waals surface area contributed by atoms with Crippen LogP contribution in [0.15, 0.2) is 72.9 Å². The van der Waals surface area contributed by atoms with Gasteiger partial charge in [-0.3, -0.25) is 14.5 Å². The van der Waals surface area contributed by atoms with Crippen LogP contribution < -0.4 is 0 Å². The Morgan fingerprint density at radius 1 is 0.500 bits per heavy atom. The predicted molar refractivity (Wildman–Crippen MR) is 198 cm³/mol. The predicted octanol–water partition coefficient (Wildman–Crippen LogP) is 11.5. The summed E-state index contributed by atoms with van der Waals surface area (Å²) in [6, 6.07) is 0. The number of likely N-dealkylation sites (N-methyl/N-ethyl adjacent to an activating group) is 1. The van der Waals surface area contributed by atoms with Crippen molar-refractivity contribution < 1.29 is 19.1 Å². The molecule has 0 bridgehead atoms. The molecule has 0 spiro atoms. The average Bonchev–Trinajstić information content (AvgIpc) is 3.03. The lowest BCUT2D eigenvalue weighted by Crippen LogP contribution is -2.43. The van der Waals surface area contributed by atoms with Gasteiger partial charge in [-0.05, 0) is 98.1 Å². The van der Waals surface area contributed by atoms with E-state index in [1.165, 1.54) is 25.7 Å². The summed E-state index contributed by atoms with van der Waals surface area (Å²) >= 11 is 0. The van der Waals surface area contributed by atoms with Gasteiger partial charge in [0.05, 0.1) is 0 Å². The molecule has 0 heterocycles. The summed E-state index contributed by atoms with van der Waals surface area (Å²) in [4.78, 5) is 26.7. The lowest BCUT2D eigenvalue weighted by molar-refractivity contribution is -0.179. The molecule has 262 valence electrons. The lowest BCUT2D eigenvalue weighted by Gasteiger charge is -2.29. The quantitative estimate of drug-likeness (QED) is 0.0339. The van der Waals surface area contributed by atoms with Gasteiger partial charge in [0.15, 0.2) is 6.23 Å². The second-order valence-corrected chi connectivity index (χ2v) is 12.2. The first-order valence-corrected chi connectivity index (χ1v) is 18.4. The zero-order chi connectivity index (χ0) is 33.9. The van der Waals surface area contributed by atoms with Gasteiger partial charge in [-0.2, -0.15) is 0 Å². The number of carbonyl (C=O) groups is 2. The molecule has 0 aromatic carbocycles. The zero-order valence-corrected chi connectivity index (χ0v) is 30.3. The largest absolute Gasteiger partial charge is 0.457 e. The van der Waals surface area contributed by atoms with Crippen molar-refractivity contribution in [1.29, 1.82) is 0 Å². The minimum Gasteiger partial charge on any atom is -0.457 e. The molecule has 0 aliphatic heterocycles. The number of carbonyl (C=O) groups excluding carboxylic acids is 2. The van der Waals surface area contributed by atoms with Crippen molar-refractivity contribution in [3.63, 3.8) is 0 Å². The van der Waals surface area contributed by atoms with E-state index in [0.29, 0.717) is 12.8 Å². The molecule has 0 aromatic rings. The summed E-state index contributed by atoms with van der Waals surface area (Å²) in [6.45, 7) is 6.11. The maximum absolute atomic E-state index is 12.5. The number of rotatable bonds is 30. The molecule has 0 aromatic heterocycles. The van der Waals surface area contributed by atoms with Crippen LogP contribution in [0.4, 0.5) is 0 Å². The van der Waals surface area contributed by atoms with Crippen molar-refractivity contribution in [2.75, 3.05) is 14.1 Å². The van der Waals surface area contributed by atoms with Gasteiger partial charge >= 0.3 is 11.9 Å². The van der Waals surface area contributed by atoms with Crippen molar-refractivity contribution in [3.8, 4) is 0 Å². The molecule has 2 unspecified atom stereocenters. The van der Waals surface area contributed by atoms with Gasteiger partial charge < -0.3 is 9.47 Å². The highest BCUT2D eigenvalue weighted by molar-refractivity contribution is 5.70. The van der Waals surface area contributed by atoms with E-state index in [-0.39, 0.29) is 11.9 Å². The summed E-state index contributed by atoms with van der Waals surface area (Å²) in [5.74, 6) is -0.448. The maximum atomic E-state index is 12.5. The Bertz CT molecular complexity index is 896. The summed E-state index contributed by atoms with van der Waals surface area (Å²) < 4.78 is 11.3. The monoisotopic (exact) mass is 640 g/mol. The van der Waals surface area contributed by atoms with Gasteiger partial charge in [0.1, 0.15) is 6.10 Å². The van der Waals surface area contributed by atoms with E-state index in [2.05, 4.69) is 86.8 Å². The van der Waals surface area contributed by atoms with Crippen LogP contribution in [0.1, 0.15) is 149 Å². The van der Waals surface area contributed by atoms with E-state index < -0.39 is 12.3 Å². The summed E-state index contributed by atoms with van der Waals surface area (Å²) in [7, 11) is 3.69. The number of unbranched alkanes of at least 4 members (excludes halogenated alkanes) is 10. The van der Waals surface area contributed by atoms with E-state index in [4.69, 9.17) is 9.47 Å². The van der Waals surface area contributed by atoms with Gasteiger partial charge in [-0.25, -0.2) is 0 Å². The minimum atomic E-state index is -0.577. The Kier molecular flexibility index (Phi) is 31.7. The van der Waals surface area contributed by atoms with Gasteiger partial charge in [-0.15, -0.1) is 0 Å². The highest BCUT2D eigenvalue weighted by Gasteiger charge is 2.26. The molecular formula is C41H69NO4. The summed E-state index contributed by atoms with van der Waals surface area (Å²) in [5.41, 5.74) is 0. The van der Waals surface area contributed by atoms with Crippen LogP contribution in [0, 0.1) is 0 Å². The van der Waals surface area contributed by atoms with Gasteiger partial charge in [-0.1, -0.05) is 125 Å². The Morgan fingerprint density at radius 2 is 0.848 bits per heavy atom. The zero-order valence-electron chi connectivity index (χ0n) is 30.3. The molecule has 0 N–H and O–H groups in total. The van der Waals surface area contributed by atoms with Crippen molar-refractivity contribution >= 4 is 11.9 Å². The van der Waals surface area contributed by atoms with Crippen LogP contribution in [0.3, 0.4) is 0 Å². The Hall–Kier alpha value is -2.66. The van der Waals surface area contributed by atoms with Crippen LogP contribution in [0.5, 0.6) is 0 Å². The number of hydrogen-bond donors (Lipinski definition) is 0. The number of nitrogens with zero attached hydrogens (tertiary/aromatic N) is 1. The molecule has 46 heavy (non-hydrogen) atoms. The molecule has 0 radical (unpaired) electrons. The van der Waals surface area contributed by atoms with Crippen LogP contribution in [0.2, 0.25) is 0 Å². The third-order valence-corrected chi connectivity index (χ3v) is 7.54. The molecule has 0 saturated heterocycles. The third-order valence-electron chi connectivity index (χ3n) is 7.54. The summed E-state index contributed by atoms with van der Waals surface area (Å²) in [6.07, 6.45) is 45.6. The molecule has 0 aliphatic carbocycles. The minimum absolute atomic E-state index is 0.220. The van der Waals surface area contributed by atoms with Crippen LogP contribution in [-0.4, -0.2) is 43.3 Å². The van der Waals surface area contributed by atoms with Crippen molar-refractivity contribution in [1.82, 2.24) is 4.90 Å². The van der Waals surface area contributed by atoms with Gasteiger partial charge in [0.2, 0.25) is 0 Å². The van der Waals surface area contributed by atoms with Crippen LogP contribution >= 0.6 is 0 Å². The molecule has 2 atom stereocenters. The molecule has 0 rings (SSSR count). The number of ether oxygens (including phenoxy) is 2. The first kappa shape index (κ1) is 43.3. The lowest BCUT2D eigenvalue weighted by atomic mass is 10.1. The second-order valence-electron chi connectivity index (χ2n) is 12.2.